The Morgan fingerprint density at radius 3 is 2.50 bits per heavy atom. The molecule has 0 unspecified atom stereocenters. The Kier molecular flexibility index (Phi) is 8.88. The molecule has 0 spiro atoms. The van der Waals surface area contributed by atoms with Gasteiger partial charge in [0, 0.05) is 12.1 Å². The quantitative estimate of drug-likeness (QED) is 0.617. The van der Waals surface area contributed by atoms with E-state index in [1.807, 2.05) is 19.2 Å². The summed E-state index contributed by atoms with van der Waals surface area (Å²) in [6.07, 6.45) is 7.66. The molecule has 1 aromatic rings. The number of unbranched alkanes of at least 4 members (excludes halogenated alkanes) is 5. The third kappa shape index (κ3) is 5.83. The number of nitrogens with one attached hydrogen (secondary N) is 1. The van der Waals surface area contributed by atoms with Gasteiger partial charge >= 0.3 is 0 Å². The lowest BCUT2D eigenvalue weighted by Gasteiger charge is -2.15. The molecule has 0 saturated heterocycles. The minimum Gasteiger partial charge on any atom is -0.493 e. The minimum absolute atomic E-state index is 0.767. The number of ether oxygens (including phenoxy) is 2. The van der Waals surface area contributed by atoms with Crippen molar-refractivity contribution >= 4 is 0 Å². The summed E-state index contributed by atoms with van der Waals surface area (Å²) in [5.74, 6) is 1.71. The van der Waals surface area contributed by atoms with E-state index in [9.17, 15) is 0 Å². The van der Waals surface area contributed by atoms with E-state index < -0.39 is 0 Å². The highest BCUT2D eigenvalue weighted by atomic mass is 16.5. The van der Waals surface area contributed by atoms with Gasteiger partial charge in [-0.25, -0.2) is 0 Å². The van der Waals surface area contributed by atoms with Crippen molar-refractivity contribution in [3.8, 4) is 11.5 Å². The molecular weight excluding hydrogens is 250 g/mol. The summed E-state index contributed by atoms with van der Waals surface area (Å²) in [7, 11) is 3.63. The van der Waals surface area contributed by atoms with Gasteiger partial charge in [-0.15, -0.1) is 0 Å². The average molecular weight is 279 g/mol. The Balaban J connectivity index is 2.41. The van der Waals surface area contributed by atoms with Gasteiger partial charge < -0.3 is 14.8 Å². The van der Waals surface area contributed by atoms with Crippen molar-refractivity contribution in [3.05, 3.63) is 23.8 Å². The van der Waals surface area contributed by atoms with E-state index in [0.717, 1.165) is 36.6 Å². The van der Waals surface area contributed by atoms with Gasteiger partial charge in [0.15, 0.2) is 11.5 Å². The lowest BCUT2D eigenvalue weighted by Crippen LogP contribution is -2.09. The second-order valence-electron chi connectivity index (χ2n) is 5.10. The van der Waals surface area contributed by atoms with Crippen LogP contribution in [-0.4, -0.2) is 20.8 Å². The first-order valence-corrected chi connectivity index (χ1v) is 7.76. The summed E-state index contributed by atoms with van der Waals surface area (Å²) in [6.45, 7) is 3.81. The minimum atomic E-state index is 0.767. The zero-order valence-corrected chi connectivity index (χ0v) is 13.2. The zero-order valence-electron chi connectivity index (χ0n) is 13.2. The normalized spacial score (nSPS) is 10.6. The van der Waals surface area contributed by atoms with Crippen LogP contribution in [0.2, 0.25) is 0 Å². The summed E-state index contributed by atoms with van der Waals surface area (Å²) < 4.78 is 11.3. The van der Waals surface area contributed by atoms with Gasteiger partial charge in [0.05, 0.1) is 13.7 Å². The highest BCUT2D eigenvalue weighted by molar-refractivity contribution is 5.46. The fourth-order valence-electron chi connectivity index (χ4n) is 2.27. The fraction of sp³-hybridized carbons (Fsp3) is 0.647. The van der Waals surface area contributed by atoms with Crippen molar-refractivity contribution in [2.75, 3.05) is 20.8 Å². The van der Waals surface area contributed by atoms with E-state index in [1.54, 1.807) is 7.11 Å². The fourth-order valence-corrected chi connectivity index (χ4v) is 2.27. The van der Waals surface area contributed by atoms with Crippen molar-refractivity contribution in [2.45, 2.75) is 52.0 Å². The Bertz CT molecular complexity index is 366. The average Bonchev–Trinajstić information content (AvgIpc) is 2.47. The van der Waals surface area contributed by atoms with E-state index in [-0.39, 0.29) is 0 Å². The second kappa shape index (κ2) is 10.6. The molecule has 114 valence electrons. The first-order valence-electron chi connectivity index (χ1n) is 7.76. The number of hydrogen-bond acceptors (Lipinski definition) is 3. The Morgan fingerprint density at radius 1 is 1.05 bits per heavy atom. The van der Waals surface area contributed by atoms with Crippen LogP contribution in [0, 0.1) is 0 Å². The molecule has 0 aliphatic rings. The second-order valence-corrected chi connectivity index (χ2v) is 5.10. The van der Waals surface area contributed by atoms with Crippen molar-refractivity contribution < 1.29 is 9.47 Å². The number of benzene rings is 1. The zero-order chi connectivity index (χ0) is 14.6. The van der Waals surface area contributed by atoms with Crippen LogP contribution in [0.1, 0.15) is 51.0 Å². The number of methoxy groups -OCH3 is 1. The van der Waals surface area contributed by atoms with Crippen LogP contribution in [0.25, 0.3) is 0 Å². The molecule has 3 heteroatoms. The Labute approximate surface area is 123 Å². The highest BCUT2D eigenvalue weighted by Crippen LogP contribution is 2.31. The Hall–Kier alpha value is -1.22. The summed E-state index contributed by atoms with van der Waals surface area (Å²) in [4.78, 5) is 0. The van der Waals surface area contributed by atoms with Crippen molar-refractivity contribution in [1.82, 2.24) is 5.32 Å². The number of rotatable bonds is 11. The molecule has 0 amide bonds. The van der Waals surface area contributed by atoms with Crippen LogP contribution in [0.15, 0.2) is 18.2 Å². The van der Waals surface area contributed by atoms with Crippen molar-refractivity contribution in [2.24, 2.45) is 0 Å². The van der Waals surface area contributed by atoms with Gasteiger partial charge in [-0.1, -0.05) is 51.2 Å². The standard InChI is InChI=1S/C17H29NO2/c1-4-5-6-7-8-9-13-20-17-15(14-18-2)11-10-12-16(17)19-3/h10-12,18H,4-9,13-14H2,1-3H3. The highest BCUT2D eigenvalue weighted by Gasteiger charge is 2.09. The van der Waals surface area contributed by atoms with Gasteiger partial charge in [0.1, 0.15) is 0 Å². The predicted octanol–water partition coefficient (Wildman–Crippen LogP) is 4.15. The predicted molar refractivity (Wildman–Crippen MR) is 84.6 cm³/mol. The largest absolute Gasteiger partial charge is 0.493 e. The van der Waals surface area contributed by atoms with E-state index in [1.165, 1.54) is 32.1 Å². The molecule has 3 nitrogen and oxygen atoms in total. The summed E-state index contributed by atoms with van der Waals surface area (Å²) in [5.41, 5.74) is 1.15. The van der Waals surface area contributed by atoms with Crippen LogP contribution in [0.4, 0.5) is 0 Å². The molecule has 0 atom stereocenters. The van der Waals surface area contributed by atoms with E-state index in [0.29, 0.717) is 0 Å². The lowest BCUT2D eigenvalue weighted by atomic mass is 10.1. The van der Waals surface area contributed by atoms with Gasteiger partial charge in [-0.3, -0.25) is 0 Å². The molecule has 0 bridgehead atoms. The van der Waals surface area contributed by atoms with E-state index in [4.69, 9.17) is 9.47 Å². The van der Waals surface area contributed by atoms with Crippen LogP contribution in [-0.2, 0) is 6.54 Å². The smallest absolute Gasteiger partial charge is 0.165 e. The summed E-state index contributed by atoms with van der Waals surface area (Å²) in [5, 5.41) is 3.16. The third-order valence-electron chi connectivity index (χ3n) is 3.39. The molecule has 0 heterocycles. The first-order chi connectivity index (χ1) is 9.83. The topological polar surface area (TPSA) is 30.5 Å². The van der Waals surface area contributed by atoms with Gasteiger partial charge in [-0.2, -0.15) is 0 Å². The van der Waals surface area contributed by atoms with Gasteiger partial charge in [0.25, 0.3) is 0 Å². The van der Waals surface area contributed by atoms with Crippen molar-refractivity contribution in [3.63, 3.8) is 0 Å². The Morgan fingerprint density at radius 2 is 1.80 bits per heavy atom. The molecule has 1 aromatic carbocycles. The molecule has 1 rings (SSSR count). The molecule has 0 saturated carbocycles. The molecule has 1 N–H and O–H groups in total. The number of hydrogen-bond donors (Lipinski definition) is 1. The van der Waals surface area contributed by atoms with Crippen LogP contribution < -0.4 is 14.8 Å². The molecule has 0 aliphatic carbocycles. The van der Waals surface area contributed by atoms with Crippen LogP contribution in [0.5, 0.6) is 11.5 Å². The molecule has 0 aromatic heterocycles. The SMILES string of the molecule is CCCCCCCCOc1c(CNC)cccc1OC. The number of para-hydroxylation sites is 1. The summed E-state index contributed by atoms with van der Waals surface area (Å²) >= 11 is 0. The monoisotopic (exact) mass is 279 g/mol. The maximum Gasteiger partial charge on any atom is 0.165 e. The first kappa shape index (κ1) is 16.8. The molecule has 0 radical (unpaired) electrons. The molecule has 0 aliphatic heterocycles. The lowest BCUT2D eigenvalue weighted by molar-refractivity contribution is 0.281. The van der Waals surface area contributed by atoms with Crippen LogP contribution >= 0.6 is 0 Å². The summed E-state index contributed by atoms with van der Waals surface area (Å²) in [6, 6.07) is 6.04. The maximum atomic E-state index is 5.95. The molecule has 20 heavy (non-hydrogen) atoms. The van der Waals surface area contributed by atoms with Gasteiger partial charge in [-0.05, 0) is 19.5 Å². The van der Waals surface area contributed by atoms with Crippen molar-refractivity contribution in [1.29, 1.82) is 0 Å². The van der Waals surface area contributed by atoms with Crippen LogP contribution in [0.3, 0.4) is 0 Å². The molecule has 0 fully saturated rings. The van der Waals surface area contributed by atoms with E-state index >= 15 is 0 Å². The van der Waals surface area contributed by atoms with Gasteiger partial charge in [0.2, 0.25) is 0 Å². The molecular formula is C17H29NO2. The van der Waals surface area contributed by atoms with E-state index in [2.05, 4.69) is 18.3 Å². The maximum absolute atomic E-state index is 5.95. The third-order valence-corrected chi connectivity index (χ3v) is 3.39.